The summed E-state index contributed by atoms with van der Waals surface area (Å²) in [4.78, 5) is 16.5. The summed E-state index contributed by atoms with van der Waals surface area (Å²) in [6, 6.07) is 8.56. The number of rotatable bonds is 8. The van der Waals surface area contributed by atoms with E-state index in [0.29, 0.717) is 12.1 Å². The molecule has 182 valence electrons. The minimum absolute atomic E-state index is 0.0299. The Morgan fingerprint density at radius 3 is 2.38 bits per heavy atom. The van der Waals surface area contributed by atoms with E-state index >= 15 is 0 Å². The van der Waals surface area contributed by atoms with Gasteiger partial charge in [-0.25, -0.2) is 17.9 Å². The van der Waals surface area contributed by atoms with Gasteiger partial charge in [0.1, 0.15) is 5.56 Å². The lowest BCUT2D eigenvalue weighted by Gasteiger charge is -2.16. The number of anilines is 2. The average molecular weight is 496 g/mol. The number of alkyl halides is 3. The number of carbonyl (C=O) groups is 1. The van der Waals surface area contributed by atoms with Gasteiger partial charge in [0.2, 0.25) is 10.0 Å². The summed E-state index contributed by atoms with van der Waals surface area (Å²) >= 11 is 0. The van der Waals surface area contributed by atoms with Crippen LogP contribution < -0.4 is 10.0 Å². The number of hydrogen-bond acceptors (Lipinski definition) is 6. The van der Waals surface area contributed by atoms with E-state index in [2.05, 4.69) is 15.0 Å². The standard InChI is InChI=1S/C23H24F3N3O4S/c1-4-14(3)29-34(31,32)17-9-7-16(8-10-17)28-21-18-11-6-15(23(24,25)26)12-20(18)27-13-19(21)22(30)33-5-2/h6-14,29H,4-5H2,1-3H3,(H,27,28). The normalized spacial score (nSPS) is 13.0. The molecule has 0 aliphatic carbocycles. The highest BCUT2D eigenvalue weighted by atomic mass is 32.2. The van der Waals surface area contributed by atoms with Crippen LogP contribution in [0.3, 0.4) is 0 Å². The number of benzene rings is 2. The Morgan fingerprint density at radius 2 is 1.79 bits per heavy atom. The van der Waals surface area contributed by atoms with Crippen LogP contribution in [0.15, 0.2) is 53.6 Å². The predicted octanol–water partition coefficient (Wildman–Crippen LogP) is 5.25. The van der Waals surface area contributed by atoms with Gasteiger partial charge in [0.05, 0.1) is 28.3 Å². The molecule has 1 unspecified atom stereocenters. The number of carbonyl (C=O) groups excluding carboxylic acids is 1. The first-order valence-corrected chi connectivity index (χ1v) is 12.0. The second kappa shape index (κ2) is 9.98. The van der Waals surface area contributed by atoms with Gasteiger partial charge in [-0.3, -0.25) is 4.98 Å². The number of aromatic nitrogens is 1. The van der Waals surface area contributed by atoms with Crippen molar-refractivity contribution in [3.05, 3.63) is 59.8 Å². The Balaban J connectivity index is 2.03. The lowest BCUT2D eigenvalue weighted by Crippen LogP contribution is -2.31. The summed E-state index contributed by atoms with van der Waals surface area (Å²) in [6.07, 6.45) is -2.77. The van der Waals surface area contributed by atoms with Crippen molar-refractivity contribution in [1.82, 2.24) is 9.71 Å². The van der Waals surface area contributed by atoms with E-state index in [-0.39, 0.29) is 39.7 Å². The van der Waals surface area contributed by atoms with Crippen molar-refractivity contribution in [2.45, 2.75) is 44.3 Å². The number of esters is 1. The summed E-state index contributed by atoms with van der Waals surface area (Å²) < 4.78 is 72.0. The molecule has 11 heteroatoms. The Hall–Kier alpha value is -3.18. The summed E-state index contributed by atoms with van der Waals surface area (Å²) in [5.74, 6) is -0.698. The predicted molar refractivity (Wildman–Crippen MR) is 123 cm³/mol. The third-order valence-electron chi connectivity index (χ3n) is 5.09. The molecule has 2 aromatic carbocycles. The molecule has 1 heterocycles. The topological polar surface area (TPSA) is 97.4 Å². The maximum Gasteiger partial charge on any atom is 0.416 e. The summed E-state index contributed by atoms with van der Waals surface area (Å²) in [5, 5.41) is 3.28. The summed E-state index contributed by atoms with van der Waals surface area (Å²) in [7, 11) is -3.71. The molecule has 2 N–H and O–H groups in total. The minimum Gasteiger partial charge on any atom is -0.462 e. The molecule has 34 heavy (non-hydrogen) atoms. The molecule has 0 fully saturated rings. The SMILES string of the molecule is CCOC(=O)c1cnc2cc(C(F)(F)F)ccc2c1Nc1ccc(S(=O)(=O)NC(C)CC)cc1. The third-order valence-corrected chi connectivity index (χ3v) is 6.70. The molecule has 3 rings (SSSR count). The Kier molecular flexibility index (Phi) is 7.47. The van der Waals surface area contributed by atoms with Crippen molar-refractivity contribution in [2.75, 3.05) is 11.9 Å². The number of nitrogens with one attached hydrogen (secondary N) is 2. The van der Waals surface area contributed by atoms with Crippen molar-refractivity contribution < 1.29 is 31.1 Å². The van der Waals surface area contributed by atoms with Gasteiger partial charge in [0.15, 0.2) is 0 Å². The van der Waals surface area contributed by atoms with Crippen LogP contribution in [-0.4, -0.2) is 32.0 Å². The van der Waals surface area contributed by atoms with Crippen molar-refractivity contribution in [3.8, 4) is 0 Å². The Morgan fingerprint density at radius 1 is 1.12 bits per heavy atom. The second-order valence-corrected chi connectivity index (χ2v) is 9.29. The fraction of sp³-hybridized carbons (Fsp3) is 0.304. The van der Waals surface area contributed by atoms with E-state index in [4.69, 9.17) is 4.74 Å². The third kappa shape index (κ3) is 5.65. The minimum atomic E-state index is -4.55. The lowest BCUT2D eigenvalue weighted by molar-refractivity contribution is -0.137. The van der Waals surface area contributed by atoms with E-state index in [1.54, 1.807) is 13.8 Å². The second-order valence-electron chi connectivity index (χ2n) is 7.58. The molecule has 0 radical (unpaired) electrons. The number of hydrogen-bond donors (Lipinski definition) is 2. The molecule has 0 saturated carbocycles. The first-order valence-electron chi connectivity index (χ1n) is 10.5. The van der Waals surface area contributed by atoms with Crippen molar-refractivity contribution in [3.63, 3.8) is 0 Å². The van der Waals surface area contributed by atoms with Crippen LogP contribution in [0.2, 0.25) is 0 Å². The molecular weight excluding hydrogens is 471 g/mol. The van der Waals surface area contributed by atoms with Gasteiger partial charge >= 0.3 is 12.1 Å². The van der Waals surface area contributed by atoms with Crippen LogP contribution in [0.4, 0.5) is 24.5 Å². The monoisotopic (exact) mass is 495 g/mol. The number of halogens is 3. The molecule has 0 saturated heterocycles. The Labute approximate surface area is 195 Å². The van der Waals surface area contributed by atoms with Crippen LogP contribution >= 0.6 is 0 Å². The van der Waals surface area contributed by atoms with Gasteiger partial charge in [-0.05, 0) is 56.7 Å². The molecule has 0 bridgehead atoms. The van der Waals surface area contributed by atoms with Gasteiger partial charge < -0.3 is 10.1 Å². The number of pyridine rings is 1. The fourth-order valence-corrected chi connectivity index (χ4v) is 4.47. The van der Waals surface area contributed by atoms with Crippen molar-refractivity contribution >= 4 is 38.3 Å². The first-order chi connectivity index (χ1) is 16.0. The smallest absolute Gasteiger partial charge is 0.416 e. The highest BCUT2D eigenvalue weighted by molar-refractivity contribution is 7.89. The molecule has 0 aliphatic heterocycles. The molecular formula is C23H24F3N3O4S. The highest BCUT2D eigenvalue weighted by Crippen LogP contribution is 2.35. The Bertz CT molecular complexity index is 1290. The molecule has 3 aromatic rings. The molecule has 0 spiro atoms. The fourth-order valence-electron chi connectivity index (χ4n) is 3.15. The van der Waals surface area contributed by atoms with Crippen molar-refractivity contribution in [1.29, 1.82) is 0 Å². The van der Waals surface area contributed by atoms with Crippen LogP contribution in [0, 0.1) is 0 Å². The van der Waals surface area contributed by atoms with Crippen LogP contribution in [0.25, 0.3) is 10.9 Å². The summed E-state index contributed by atoms with van der Waals surface area (Å²) in [6.45, 7) is 5.34. The van der Waals surface area contributed by atoms with Gasteiger partial charge in [-0.15, -0.1) is 0 Å². The highest BCUT2D eigenvalue weighted by Gasteiger charge is 2.31. The van der Waals surface area contributed by atoms with Gasteiger partial charge in [0, 0.05) is 23.3 Å². The molecule has 7 nitrogen and oxygen atoms in total. The zero-order valence-corrected chi connectivity index (χ0v) is 19.5. The van der Waals surface area contributed by atoms with Crippen LogP contribution in [0.5, 0.6) is 0 Å². The largest absolute Gasteiger partial charge is 0.462 e. The lowest BCUT2D eigenvalue weighted by atomic mass is 10.1. The zero-order chi connectivity index (χ0) is 25.1. The first kappa shape index (κ1) is 25.4. The molecule has 0 aliphatic rings. The maximum atomic E-state index is 13.1. The van der Waals surface area contributed by atoms with E-state index in [1.165, 1.54) is 30.3 Å². The van der Waals surface area contributed by atoms with Gasteiger partial charge in [-0.2, -0.15) is 13.2 Å². The van der Waals surface area contributed by atoms with Gasteiger partial charge in [0.25, 0.3) is 0 Å². The zero-order valence-electron chi connectivity index (χ0n) is 18.7. The van der Waals surface area contributed by atoms with Crippen molar-refractivity contribution in [2.24, 2.45) is 0 Å². The van der Waals surface area contributed by atoms with Crippen LogP contribution in [0.1, 0.15) is 43.1 Å². The van der Waals surface area contributed by atoms with E-state index in [9.17, 15) is 26.4 Å². The number of sulfonamides is 1. The summed E-state index contributed by atoms with van der Waals surface area (Å²) in [5.41, 5.74) is -0.191. The number of ether oxygens (including phenoxy) is 1. The molecule has 1 atom stereocenters. The number of nitrogens with zero attached hydrogens (tertiary/aromatic N) is 1. The van der Waals surface area contributed by atoms with Gasteiger partial charge in [-0.1, -0.05) is 13.0 Å². The molecule has 0 amide bonds. The maximum absolute atomic E-state index is 13.1. The van der Waals surface area contributed by atoms with E-state index in [1.807, 2.05) is 6.92 Å². The average Bonchev–Trinajstić information content (AvgIpc) is 2.78. The van der Waals surface area contributed by atoms with Crippen LogP contribution in [-0.2, 0) is 20.9 Å². The van der Waals surface area contributed by atoms with E-state index < -0.39 is 27.7 Å². The molecule has 1 aromatic heterocycles. The van der Waals surface area contributed by atoms with E-state index in [0.717, 1.165) is 18.3 Å². The number of fused-ring (bicyclic) bond motifs is 1. The quantitative estimate of drug-likeness (QED) is 0.414.